The molecule has 1 aliphatic heterocycles. The average Bonchev–Trinajstić information content (AvgIpc) is 3.43. The van der Waals surface area contributed by atoms with E-state index in [0.717, 1.165) is 30.4 Å². The molecule has 1 aliphatic rings. The van der Waals surface area contributed by atoms with E-state index in [1.807, 2.05) is 24.8 Å². The largest absolute Gasteiger partial charge is 0.444 e. The van der Waals surface area contributed by atoms with Crippen LogP contribution in [0, 0.1) is 0 Å². The second-order valence-corrected chi connectivity index (χ2v) is 11.0. The molecule has 1 fully saturated rings. The molecule has 2 aromatic carbocycles. The highest BCUT2D eigenvalue weighted by Crippen LogP contribution is 2.25. The van der Waals surface area contributed by atoms with Crippen LogP contribution in [0.25, 0.3) is 11.0 Å². The summed E-state index contributed by atoms with van der Waals surface area (Å²) >= 11 is 12.4. The summed E-state index contributed by atoms with van der Waals surface area (Å²) in [5, 5.41) is 3.78. The number of aromatic amines is 1. The van der Waals surface area contributed by atoms with Crippen LogP contribution >= 0.6 is 23.2 Å². The zero-order valence-electron chi connectivity index (χ0n) is 22.1. The molecule has 0 saturated carbocycles. The number of likely N-dealkylation sites (tertiary alicyclic amines) is 1. The lowest BCUT2D eigenvalue weighted by molar-refractivity contribution is 0.0599. The molecule has 204 valence electrons. The Morgan fingerprint density at radius 3 is 2.45 bits per heavy atom. The van der Waals surface area contributed by atoms with E-state index in [-0.39, 0.29) is 28.9 Å². The number of ether oxygens (including phenoxy) is 1. The second-order valence-electron chi connectivity index (χ2n) is 10.2. The van der Waals surface area contributed by atoms with Crippen molar-refractivity contribution in [1.29, 1.82) is 0 Å². The number of fused-ring (bicyclic) bond motifs is 1. The molecule has 0 bridgehead atoms. The summed E-state index contributed by atoms with van der Waals surface area (Å²) < 4.78 is 4.58. The number of carbonyl (C=O) groups is 3. The molecule has 3 amide bonds. The number of amides is 3. The van der Waals surface area contributed by atoms with Crippen molar-refractivity contribution in [2.45, 2.75) is 65.1 Å². The summed E-state index contributed by atoms with van der Waals surface area (Å²) in [6.45, 7) is 9.89. The van der Waals surface area contributed by atoms with Gasteiger partial charge >= 0.3 is 6.09 Å². The van der Waals surface area contributed by atoms with E-state index in [1.165, 1.54) is 6.07 Å². The number of nitrogens with two attached hydrogens (primary N) is 1. The summed E-state index contributed by atoms with van der Waals surface area (Å²) in [6.07, 6.45) is 1.27. The van der Waals surface area contributed by atoms with Crippen LogP contribution in [0.1, 0.15) is 80.0 Å². The first-order valence-electron chi connectivity index (χ1n) is 12.3. The van der Waals surface area contributed by atoms with E-state index in [1.54, 1.807) is 45.0 Å². The Kier molecular flexibility index (Phi) is 9.27. The first-order valence-corrected chi connectivity index (χ1v) is 13.1. The first kappa shape index (κ1) is 29.3. The number of primary amides is 1. The van der Waals surface area contributed by atoms with Crippen LogP contribution in [-0.4, -0.2) is 51.0 Å². The van der Waals surface area contributed by atoms with Gasteiger partial charge in [0.15, 0.2) is 0 Å². The smallest absolute Gasteiger partial charge is 0.405 e. The van der Waals surface area contributed by atoms with E-state index in [4.69, 9.17) is 28.9 Å². The van der Waals surface area contributed by atoms with Crippen LogP contribution in [-0.2, 0) is 4.74 Å². The number of halogens is 2. The summed E-state index contributed by atoms with van der Waals surface area (Å²) in [4.78, 5) is 45.0. The number of benzene rings is 2. The molecule has 1 saturated heterocycles. The monoisotopic (exact) mass is 561 g/mol. The van der Waals surface area contributed by atoms with Crippen LogP contribution in [0.5, 0.6) is 0 Å². The first-order chi connectivity index (χ1) is 17.7. The lowest BCUT2D eigenvalue weighted by Gasteiger charge is -2.22. The number of nitrogens with one attached hydrogen (secondary N) is 2. The van der Waals surface area contributed by atoms with Crippen molar-refractivity contribution in [2.24, 2.45) is 5.73 Å². The molecule has 2 unspecified atom stereocenters. The van der Waals surface area contributed by atoms with Gasteiger partial charge in [0, 0.05) is 23.2 Å². The van der Waals surface area contributed by atoms with Crippen molar-refractivity contribution < 1.29 is 19.1 Å². The van der Waals surface area contributed by atoms with Crippen molar-refractivity contribution in [2.75, 3.05) is 6.54 Å². The van der Waals surface area contributed by atoms with Crippen molar-refractivity contribution in [1.82, 2.24) is 20.2 Å². The highest BCUT2D eigenvalue weighted by atomic mass is 35.5. The summed E-state index contributed by atoms with van der Waals surface area (Å²) in [5.74, 6) is 0.240. The average molecular weight is 562 g/mol. The minimum Gasteiger partial charge on any atom is -0.444 e. The van der Waals surface area contributed by atoms with Gasteiger partial charge in [0.25, 0.3) is 11.8 Å². The standard InChI is InChI=1S/C22H22Cl2N4O2.C5H11NO2/c1-12-4-3-9-28(12)22(30)16-7-5-14(10-17(16)24)21(29)25-13(2)20-26-18-8-6-15(23)11-19(18)27-20;1-5(2,3)8-4(6)7/h5-8,10-13H,3-4,9H2,1-2H3,(H,25,29)(H,26,27);1-3H3,(H2,6,7). The third-order valence-corrected chi connectivity index (χ3v) is 6.45. The molecule has 4 N–H and O–H groups in total. The molecular weight excluding hydrogens is 529 g/mol. The predicted octanol–water partition coefficient (Wildman–Crippen LogP) is 5.87. The molecule has 38 heavy (non-hydrogen) atoms. The normalized spacial score (nSPS) is 16.0. The molecule has 0 spiro atoms. The number of nitrogens with zero attached hydrogens (tertiary/aromatic N) is 2. The second kappa shape index (κ2) is 12.0. The van der Waals surface area contributed by atoms with E-state index in [2.05, 4.69) is 20.0 Å². The Hall–Kier alpha value is -3.30. The van der Waals surface area contributed by atoms with E-state index in [0.29, 0.717) is 22.0 Å². The molecule has 9 nitrogen and oxygen atoms in total. The Morgan fingerprint density at radius 2 is 1.89 bits per heavy atom. The minimum atomic E-state index is -0.725. The Balaban J connectivity index is 0.000000436. The topological polar surface area (TPSA) is 130 Å². The van der Waals surface area contributed by atoms with E-state index in [9.17, 15) is 14.4 Å². The maximum atomic E-state index is 12.8. The molecule has 2 heterocycles. The number of hydrogen-bond donors (Lipinski definition) is 3. The molecule has 0 radical (unpaired) electrons. The number of rotatable bonds is 4. The van der Waals surface area contributed by atoms with Crippen LogP contribution in [0.4, 0.5) is 4.79 Å². The fourth-order valence-electron chi connectivity index (χ4n) is 4.07. The third kappa shape index (κ3) is 7.61. The summed E-state index contributed by atoms with van der Waals surface area (Å²) in [6, 6.07) is 10.0. The van der Waals surface area contributed by atoms with Gasteiger partial charge in [-0.25, -0.2) is 9.78 Å². The van der Waals surface area contributed by atoms with Crippen LogP contribution in [0.2, 0.25) is 10.0 Å². The highest BCUT2D eigenvalue weighted by Gasteiger charge is 2.27. The number of hydrogen-bond acceptors (Lipinski definition) is 5. The number of imidazole rings is 1. The van der Waals surface area contributed by atoms with Crippen molar-refractivity contribution >= 4 is 52.1 Å². The van der Waals surface area contributed by atoms with Gasteiger partial charge in [0.05, 0.1) is 27.7 Å². The maximum Gasteiger partial charge on any atom is 0.405 e. The molecule has 11 heteroatoms. The number of aromatic nitrogens is 2. The molecular formula is C27H33Cl2N5O4. The van der Waals surface area contributed by atoms with Crippen LogP contribution in [0.15, 0.2) is 36.4 Å². The quantitative estimate of drug-likeness (QED) is 0.366. The number of H-pyrrole nitrogens is 1. The van der Waals surface area contributed by atoms with Gasteiger partial charge in [-0.15, -0.1) is 0 Å². The molecule has 1 aromatic heterocycles. The summed E-state index contributed by atoms with van der Waals surface area (Å²) in [7, 11) is 0. The minimum absolute atomic E-state index is 0.0914. The summed E-state index contributed by atoms with van der Waals surface area (Å²) in [5.41, 5.74) is 6.65. The van der Waals surface area contributed by atoms with Crippen LogP contribution < -0.4 is 11.1 Å². The van der Waals surface area contributed by atoms with Crippen molar-refractivity contribution in [3.05, 3.63) is 63.4 Å². The Bertz CT molecular complexity index is 1330. The molecule has 3 aromatic rings. The van der Waals surface area contributed by atoms with Gasteiger partial charge in [-0.2, -0.15) is 0 Å². The fraction of sp³-hybridized carbons (Fsp3) is 0.407. The highest BCUT2D eigenvalue weighted by molar-refractivity contribution is 6.34. The van der Waals surface area contributed by atoms with Gasteiger partial charge in [-0.3, -0.25) is 9.59 Å². The SMILES string of the molecule is CC(C)(C)OC(N)=O.CC(NC(=O)c1ccc(C(=O)N2CCCC2C)c(Cl)c1)c1nc2cc(Cl)ccc2[nH]1. The number of carbonyl (C=O) groups excluding carboxylic acids is 3. The maximum absolute atomic E-state index is 12.8. The van der Waals surface area contributed by atoms with Crippen molar-refractivity contribution in [3.8, 4) is 0 Å². The fourth-order valence-corrected chi connectivity index (χ4v) is 4.50. The predicted molar refractivity (Wildman–Crippen MR) is 149 cm³/mol. The third-order valence-electron chi connectivity index (χ3n) is 5.90. The Labute approximate surface area is 232 Å². The molecule has 4 rings (SSSR count). The molecule has 2 atom stereocenters. The lowest BCUT2D eigenvalue weighted by atomic mass is 10.1. The van der Waals surface area contributed by atoms with Gasteiger partial charge < -0.3 is 25.7 Å². The van der Waals surface area contributed by atoms with E-state index >= 15 is 0 Å². The zero-order valence-corrected chi connectivity index (χ0v) is 23.6. The van der Waals surface area contributed by atoms with Crippen LogP contribution in [0.3, 0.4) is 0 Å². The Morgan fingerprint density at radius 1 is 1.18 bits per heavy atom. The van der Waals surface area contributed by atoms with Gasteiger partial charge in [-0.1, -0.05) is 23.2 Å². The zero-order chi connectivity index (χ0) is 28.2. The van der Waals surface area contributed by atoms with Gasteiger partial charge in [0.1, 0.15) is 11.4 Å². The van der Waals surface area contributed by atoms with Gasteiger partial charge in [-0.05, 0) is 83.9 Å². The molecule has 0 aliphatic carbocycles. The lowest BCUT2D eigenvalue weighted by Crippen LogP contribution is -2.34. The van der Waals surface area contributed by atoms with Gasteiger partial charge in [0.2, 0.25) is 0 Å². The van der Waals surface area contributed by atoms with Crippen molar-refractivity contribution in [3.63, 3.8) is 0 Å². The van der Waals surface area contributed by atoms with E-state index < -0.39 is 11.7 Å².